The predicted molar refractivity (Wildman–Crippen MR) is 76.5 cm³/mol. The van der Waals surface area contributed by atoms with Gasteiger partial charge in [-0.15, -0.1) is 0 Å². The molecule has 0 spiro atoms. The molecule has 0 rings (SSSR count). The summed E-state index contributed by atoms with van der Waals surface area (Å²) in [5, 5.41) is 2.28. The zero-order chi connectivity index (χ0) is 15.4. The van der Waals surface area contributed by atoms with E-state index in [2.05, 4.69) is 5.32 Å². The molecule has 0 aromatic heterocycles. The van der Waals surface area contributed by atoms with E-state index in [0.29, 0.717) is 0 Å². The first-order valence-electron chi connectivity index (χ1n) is 6.04. The van der Waals surface area contributed by atoms with Crippen molar-refractivity contribution in [2.24, 2.45) is 0 Å². The average Bonchev–Trinajstić information content (AvgIpc) is 2.07. The second-order valence-electron chi connectivity index (χ2n) is 6.20. The lowest BCUT2D eigenvalue weighted by Gasteiger charge is -2.25. The maximum absolute atomic E-state index is 11.9. The Balaban J connectivity index is 4.95. The normalized spacial score (nSPS) is 12.0. The topological polar surface area (TPSA) is 81.7 Å². The van der Waals surface area contributed by atoms with E-state index in [-0.39, 0.29) is 0 Å². The zero-order valence-electron chi connectivity index (χ0n) is 12.6. The van der Waals surface area contributed by atoms with Crippen molar-refractivity contribution in [3.05, 3.63) is 0 Å². The van der Waals surface area contributed by atoms with Crippen LogP contribution >= 0.6 is 0 Å². The molecule has 0 aromatic rings. The van der Waals surface area contributed by atoms with Crippen molar-refractivity contribution in [1.82, 2.24) is 5.32 Å². The molecule has 1 N–H and O–H groups in total. The molecule has 0 saturated heterocycles. The Labute approximate surface area is 116 Å². The number of carbonyl (C=O) groups excluding carboxylic acids is 3. The van der Waals surface area contributed by atoms with Gasteiger partial charge in [-0.05, 0) is 39.3 Å². The third kappa shape index (κ3) is 8.54. The minimum Gasteiger partial charge on any atom is -0.518 e. The molecule has 0 saturated carbocycles. The van der Waals surface area contributed by atoms with Crippen molar-refractivity contribution in [3.8, 4) is 0 Å². The third-order valence-electron chi connectivity index (χ3n) is 1.63. The van der Waals surface area contributed by atoms with Gasteiger partial charge >= 0.3 is 11.9 Å². The number of hydrogen-bond acceptors (Lipinski definition) is 5. The summed E-state index contributed by atoms with van der Waals surface area (Å²) < 4.78 is 10.5. The molecule has 1 amide bonds. The molecular weight excluding hydrogens is 283 g/mol. The van der Waals surface area contributed by atoms with Crippen molar-refractivity contribution in [3.63, 3.8) is 0 Å². The maximum atomic E-state index is 11.9. The number of nitrogens with one attached hydrogen (secondary N) is 1. The summed E-state index contributed by atoms with van der Waals surface area (Å²) >= 11 is 0. The predicted octanol–water partition coefficient (Wildman–Crippen LogP) is 1.25. The summed E-state index contributed by atoms with van der Waals surface area (Å²) in [6, 6.07) is -1.38. The molecular formula is C11H23NO5Si2. The van der Waals surface area contributed by atoms with E-state index in [0.717, 1.165) is 0 Å². The van der Waals surface area contributed by atoms with Crippen LogP contribution in [0.15, 0.2) is 0 Å². The van der Waals surface area contributed by atoms with Crippen molar-refractivity contribution in [2.75, 3.05) is 0 Å². The van der Waals surface area contributed by atoms with E-state index in [1.165, 1.54) is 6.92 Å². The molecule has 0 bridgehead atoms. The molecule has 0 unspecified atom stereocenters. The summed E-state index contributed by atoms with van der Waals surface area (Å²) in [6.07, 6.45) is 0. The van der Waals surface area contributed by atoms with Crippen LogP contribution in [0.2, 0.25) is 39.3 Å². The van der Waals surface area contributed by atoms with Gasteiger partial charge in [-0.1, -0.05) is 0 Å². The highest BCUT2D eigenvalue weighted by Gasteiger charge is 2.36. The Bertz CT molecular complexity index is 342. The van der Waals surface area contributed by atoms with Gasteiger partial charge in [-0.25, -0.2) is 0 Å². The monoisotopic (exact) mass is 306 g/mol. The Kier molecular flexibility index (Phi) is 5.95. The summed E-state index contributed by atoms with van der Waals surface area (Å²) in [5.74, 6) is -1.99. The van der Waals surface area contributed by atoms with Gasteiger partial charge in [0, 0.05) is 6.92 Å². The second kappa shape index (κ2) is 6.33. The van der Waals surface area contributed by atoms with Gasteiger partial charge in [-0.2, -0.15) is 0 Å². The first-order chi connectivity index (χ1) is 8.32. The highest BCUT2D eigenvalue weighted by molar-refractivity contribution is 6.72. The number of rotatable bonds is 5. The Hall–Kier alpha value is -1.16. The van der Waals surface area contributed by atoms with Gasteiger partial charge in [0.05, 0.1) is 0 Å². The van der Waals surface area contributed by atoms with Crippen LogP contribution in [0.5, 0.6) is 0 Å². The van der Waals surface area contributed by atoms with Crippen molar-refractivity contribution < 1.29 is 23.2 Å². The lowest BCUT2D eigenvalue weighted by molar-refractivity contribution is -0.150. The molecule has 0 atom stereocenters. The van der Waals surface area contributed by atoms with Crippen LogP contribution in [0.3, 0.4) is 0 Å². The summed E-state index contributed by atoms with van der Waals surface area (Å²) in [4.78, 5) is 35.0. The number of carbonyl (C=O) groups is 3. The smallest absolute Gasteiger partial charge is 0.327 e. The van der Waals surface area contributed by atoms with E-state index < -0.39 is 40.5 Å². The highest BCUT2D eigenvalue weighted by Crippen LogP contribution is 2.09. The molecule has 110 valence electrons. The van der Waals surface area contributed by atoms with E-state index in [1.807, 2.05) is 39.3 Å². The molecule has 0 radical (unpaired) electrons. The van der Waals surface area contributed by atoms with Gasteiger partial charge < -0.3 is 14.2 Å². The average molecular weight is 306 g/mol. The largest absolute Gasteiger partial charge is 0.518 e. The minimum atomic E-state index is -2.14. The van der Waals surface area contributed by atoms with E-state index in [1.54, 1.807) is 0 Å². The standard InChI is InChI=1S/C11H23NO5Si2/c1-8(13)12-9(10(14)16-18(2,3)4)11(15)17-19(5,6)7/h9H,1-7H3,(H,12,13)/i12+1. The molecule has 0 aliphatic carbocycles. The lowest BCUT2D eigenvalue weighted by Crippen LogP contribution is -2.52. The van der Waals surface area contributed by atoms with Gasteiger partial charge in [0.2, 0.25) is 28.6 Å². The van der Waals surface area contributed by atoms with Crippen LogP contribution in [-0.4, -0.2) is 40.5 Å². The Morgan fingerprint density at radius 1 is 0.842 bits per heavy atom. The van der Waals surface area contributed by atoms with E-state index >= 15 is 0 Å². The van der Waals surface area contributed by atoms with Crippen LogP contribution in [0.1, 0.15) is 6.92 Å². The van der Waals surface area contributed by atoms with Crippen LogP contribution in [0.25, 0.3) is 0 Å². The zero-order valence-corrected chi connectivity index (χ0v) is 14.6. The van der Waals surface area contributed by atoms with Crippen molar-refractivity contribution in [1.29, 1.82) is 0 Å². The van der Waals surface area contributed by atoms with Gasteiger partial charge in [0.15, 0.2) is 0 Å². The van der Waals surface area contributed by atoms with Gasteiger partial charge in [-0.3, -0.25) is 14.4 Å². The summed E-state index contributed by atoms with van der Waals surface area (Å²) in [5.41, 5.74) is 0. The quantitative estimate of drug-likeness (QED) is 0.469. The fraction of sp³-hybridized carbons (Fsp3) is 0.727. The minimum absolute atomic E-state index is 0.481. The molecule has 0 aliphatic heterocycles. The molecule has 0 aromatic carbocycles. The summed E-state index contributed by atoms with van der Waals surface area (Å²) in [7, 11) is -4.27. The molecule has 0 aliphatic rings. The number of amides is 1. The number of hydrogen-bond donors (Lipinski definition) is 1. The van der Waals surface area contributed by atoms with Crippen LogP contribution < -0.4 is 5.32 Å². The fourth-order valence-electron chi connectivity index (χ4n) is 1.14. The fourth-order valence-corrected chi connectivity index (χ4v) is 2.58. The molecule has 6 nitrogen and oxygen atoms in total. The third-order valence-corrected chi connectivity index (χ3v) is 3.26. The maximum Gasteiger partial charge on any atom is 0.327 e. The molecule has 19 heavy (non-hydrogen) atoms. The Morgan fingerprint density at radius 2 is 1.16 bits per heavy atom. The SMILES string of the molecule is CC(=O)[15NH]C(C(=O)O[Si](C)(C)C)C(=O)O[Si](C)(C)C. The van der Waals surface area contributed by atoms with Crippen LogP contribution in [0, 0.1) is 0 Å². The second-order valence-corrected chi connectivity index (χ2v) is 15.1. The lowest BCUT2D eigenvalue weighted by atomic mass is 10.3. The molecule has 0 heterocycles. The first-order valence-corrected chi connectivity index (χ1v) is 12.9. The van der Waals surface area contributed by atoms with Crippen molar-refractivity contribution in [2.45, 2.75) is 52.2 Å². The van der Waals surface area contributed by atoms with Gasteiger partial charge in [0.25, 0.3) is 0 Å². The molecule has 8 heteroatoms. The van der Waals surface area contributed by atoms with Crippen LogP contribution in [-0.2, 0) is 23.2 Å². The van der Waals surface area contributed by atoms with Crippen LogP contribution in [0.4, 0.5) is 0 Å². The van der Waals surface area contributed by atoms with E-state index in [9.17, 15) is 14.4 Å². The summed E-state index contributed by atoms with van der Waals surface area (Å²) in [6.45, 7) is 12.1. The Morgan fingerprint density at radius 3 is 1.37 bits per heavy atom. The highest BCUT2D eigenvalue weighted by atomic mass is 28.4. The van der Waals surface area contributed by atoms with Gasteiger partial charge in [0.1, 0.15) is 0 Å². The van der Waals surface area contributed by atoms with Crippen molar-refractivity contribution >= 4 is 34.5 Å². The first kappa shape index (κ1) is 17.8. The molecule has 0 fully saturated rings. The van der Waals surface area contributed by atoms with E-state index in [4.69, 9.17) is 8.85 Å².